The summed E-state index contributed by atoms with van der Waals surface area (Å²) in [6, 6.07) is 3.05. The monoisotopic (exact) mass is 248 g/mol. The highest BCUT2D eigenvalue weighted by Gasteiger charge is 2.32. The van der Waals surface area contributed by atoms with Crippen LogP contribution in [0.4, 0.5) is 13.2 Å². The maximum absolute atomic E-state index is 11.9. The molecule has 6 heteroatoms. The Morgan fingerprint density at radius 2 is 2.00 bits per heavy atom. The molecule has 1 aromatic heterocycles. The lowest BCUT2D eigenvalue weighted by atomic mass is 10.2. The van der Waals surface area contributed by atoms with Crippen molar-refractivity contribution < 1.29 is 13.2 Å². The van der Waals surface area contributed by atoms with Crippen molar-refractivity contribution in [2.24, 2.45) is 0 Å². The molecular weight excluding hydrogens is 244 g/mol. The van der Waals surface area contributed by atoms with E-state index in [9.17, 15) is 13.2 Å². The van der Waals surface area contributed by atoms with E-state index in [0.29, 0.717) is 9.21 Å². The summed E-state index contributed by atoms with van der Waals surface area (Å²) in [4.78, 5) is 0.448. The van der Waals surface area contributed by atoms with E-state index in [1.807, 2.05) is 0 Å². The van der Waals surface area contributed by atoms with Gasteiger partial charge in [0.25, 0.3) is 0 Å². The Balaban J connectivity index is 2.64. The first-order valence-electron chi connectivity index (χ1n) is 3.34. The van der Waals surface area contributed by atoms with Crippen LogP contribution in [0.1, 0.15) is 16.7 Å². The number of rotatable bonds is 2. The molecule has 0 aliphatic carbocycles. The zero-order valence-corrected chi connectivity index (χ0v) is 8.57. The average Bonchev–Trinajstić information content (AvgIpc) is 2.31. The zero-order valence-electron chi connectivity index (χ0n) is 6.24. The van der Waals surface area contributed by atoms with Crippen molar-refractivity contribution in [1.29, 1.82) is 0 Å². The van der Waals surface area contributed by atoms with Crippen LogP contribution in [0.15, 0.2) is 12.1 Å². The molecule has 0 amide bonds. The van der Waals surface area contributed by atoms with Gasteiger partial charge >= 0.3 is 6.18 Å². The summed E-state index contributed by atoms with van der Waals surface area (Å²) in [5.74, 6) is 0. The molecule has 0 saturated carbocycles. The van der Waals surface area contributed by atoms with Gasteiger partial charge in [-0.15, -0.1) is 22.9 Å². The lowest BCUT2D eigenvalue weighted by Gasteiger charge is -2.09. The number of halogens is 5. The lowest BCUT2D eigenvalue weighted by molar-refractivity contribution is -0.134. The molecule has 0 spiro atoms. The van der Waals surface area contributed by atoms with E-state index >= 15 is 0 Å². The molecule has 0 aliphatic rings. The molecule has 1 rings (SSSR count). The Hall–Kier alpha value is 0.0700. The van der Waals surface area contributed by atoms with Crippen LogP contribution in [0, 0.1) is 0 Å². The second-order valence-corrected chi connectivity index (χ2v) is 4.70. The van der Waals surface area contributed by atoms with E-state index in [1.165, 1.54) is 12.1 Å². The van der Waals surface area contributed by atoms with E-state index in [1.54, 1.807) is 0 Å². The minimum atomic E-state index is -4.23. The first-order valence-corrected chi connectivity index (χ1v) is 4.97. The Labute approximate surface area is 87.3 Å². The summed E-state index contributed by atoms with van der Waals surface area (Å²) >= 11 is 12.2. The first kappa shape index (κ1) is 11.1. The number of thiophene rings is 1. The van der Waals surface area contributed by atoms with E-state index in [-0.39, 0.29) is 0 Å². The summed E-state index contributed by atoms with van der Waals surface area (Å²) in [6.07, 6.45) is -5.26. The molecule has 1 atom stereocenters. The van der Waals surface area contributed by atoms with Gasteiger partial charge in [0.1, 0.15) is 0 Å². The molecule has 1 aromatic rings. The maximum atomic E-state index is 11.9. The molecule has 74 valence electrons. The third-order valence-electron chi connectivity index (χ3n) is 1.31. The first-order chi connectivity index (χ1) is 5.88. The Bertz CT molecular complexity index is 282. The molecule has 13 heavy (non-hydrogen) atoms. The van der Waals surface area contributed by atoms with Gasteiger partial charge < -0.3 is 0 Å². The minimum absolute atomic E-state index is 0.447. The average molecular weight is 249 g/mol. The van der Waals surface area contributed by atoms with Gasteiger partial charge in [-0.2, -0.15) is 13.2 Å². The molecular formula is C7H5Cl2F3S. The molecule has 0 fully saturated rings. The van der Waals surface area contributed by atoms with Gasteiger partial charge in [0.15, 0.2) is 0 Å². The van der Waals surface area contributed by atoms with Gasteiger partial charge in [0.05, 0.1) is 16.1 Å². The largest absolute Gasteiger partial charge is 0.390 e. The summed E-state index contributed by atoms with van der Waals surface area (Å²) in [7, 11) is 0. The van der Waals surface area contributed by atoms with Crippen LogP contribution >= 0.6 is 34.5 Å². The summed E-state index contributed by atoms with van der Waals surface area (Å²) in [6.45, 7) is 0. The van der Waals surface area contributed by atoms with Crippen LogP contribution in [-0.2, 0) is 0 Å². The third-order valence-corrected chi connectivity index (χ3v) is 3.18. The fourth-order valence-electron chi connectivity index (χ4n) is 0.800. The maximum Gasteiger partial charge on any atom is 0.390 e. The fraction of sp³-hybridized carbons (Fsp3) is 0.429. The summed E-state index contributed by atoms with van der Waals surface area (Å²) in [5, 5.41) is -1.03. The number of alkyl halides is 4. The fourth-order valence-corrected chi connectivity index (χ4v) is 2.22. The van der Waals surface area contributed by atoms with Crippen LogP contribution < -0.4 is 0 Å². The molecule has 0 bridgehead atoms. The molecule has 0 N–H and O–H groups in total. The van der Waals surface area contributed by atoms with E-state index < -0.39 is 18.0 Å². The molecule has 0 nitrogen and oxygen atoms in total. The number of hydrogen-bond acceptors (Lipinski definition) is 1. The number of hydrogen-bond donors (Lipinski definition) is 0. The molecule has 1 heterocycles. The quantitative estimate of drug-likeness (QED) is 0.670. The third kappa shape index (κ3) is 3.75. The van der Waals surface area contributed by atoms with Crippen molar-refractivity contribution in [3.63, 3.8) is 0 Å². The van der Waals surface area contributed by atoms with Crippen molar-refractivity contribution in [1.82, 2.24) is 0 Å². The highest BCUT2D eigenvalue weighted by atomic mass is 35.5. The van der Waals surface area contributed by atoms with Gasteiger partial charge in [-0.3, -0.25) is 0 Å². The normalized spacial score (nSPS) is 14.5. The second-order valence-electron chi connectivity index (χ2n) is 2.43. The van der Waals surface area contributed by atoms with E-state index in [4.69, 9.17) is 23.2 Å². The molecule has 0 radical (unpaired) electrons. The van der Waals surface area contributed by atoms with Crippen LogP contribution in [0.2, 0.25) is 4.34 Å². The van der Waals surface area contributed by atoms with E-state index in [0.717, 1.165) is 11.3 Å². The van der Waals surface area contributed by atoms with E-state index in [2.05, 4.69) is 0 Å². The topological polar surface area (TPSA) is 0 Å². The second kappa shape index (κ2) is 4.07. The van der Waals surface area contributed by atoms with Crippen LogP contribution in [0.3, 0.4) is 0 Å². The summed E-state index contributed by atoms with van der Waals surface area (Å²) < 4.78 is 36.1. The van der Waals surface area contributed by atoms with Gasteiger partial charge in [-0.1, -0.05) is 11.6 Å². The van der Waals surface area contributed by atoms with Crippen LogP contribution in [-0.4, -0.2) is 6.18 Å². The van der Waals surface area contributed by atoms with Gasteiger partial charge in [-0.25, -0.2) is 0 Å². The van der Waals surface area contributed by atoms with Crippen molar-refractivity contribution in [2.45, 2.75) is 18.0 Å². The Morgan fingerprint density at radius 3 is 2.38 bits per heavy atom. The van der Waals surface area contributed by atoms with Gasteiger partial charge in [0.2, 0.25) is 0 Å². The van der Waals surface area contributed by atoms with Crippen LogP contribution in [0.25, 0.3) is 0 Å². The SMILES string of the molecule is FC(F)(F)CC(Cl)c1ccc(Cl)s1. The predicted octanol–water partition coefficient (Wildman–Crippen LogP) is 4.63. The lowest BCUT2D eigenvalue weighted by Crippen LogP contribution is -2.09. The predicted molar refractivity (Wildman–Crippen MR) is 48.6 cm³/mol. The van der Waals surface area contributed by atoms with Crippen molar-refractivity contribution >= 4 is 34.5 Å². The molecule has 0 saturated heterocycles. The molecule has 1 unspecified atom stereocenters. The van der Waals surface area contributed by atoms with Crippen molar-refractivity contribution in [3.05, 3.63) is 21.3 Å². The molecule has 0 aliphatic heterocycles. The Morgan fingerprint density at radius 1 is 1.38 bits per heavy atom. The minimum Gasteiger partial charge on any atom is -0.171 e. The van der Waals surface area contributed by atoms with Crippen molar-refractivity contribution in [2.75, 3.05) is 0 Å². The smallest absolute Gasteiger partial charge is 0.171 e. The van der Waals surface area contributed by atoms with Crippen molar-refractivity contribution in [3.8, 4) is 0 Å². The molecule has 0 aromatic carbocycles. The van der Waals surface area contributed by atoms with Gasteiger partial charge in [-0.05, 0) is 12.1 Å². The van der Waals surface area contributed by atoms with Crippen LogP contribution in [0.5, 0.6) is 0 Å². The Kier molecular flexibility index (Phi) is 3.49. The summed E-state index contributed by atoms with van der Waals surface area (Å²) in [5.41, 5.74) is 0. The highest BCUT2D eigenvalue weighted by molar-refractivity contribution is 7.16. The zero-order chi connectivity index (χ0) is 10.1. The van der Waals surface area contributed by atoms with Gasteiger partial charge in [0, 0.05) is 4.88 Å². The highest BCUT2D eigenvalue weighted by Crippen LogP contribution is 2.38. The standard InChI is InChI=1S/C7H5Cl2F3S/c8-4(3-7(10,11)12)5-1-2-6(9)13-5/h1-2,4H,3H2.